The molecule has 0 saturated carbocycles. The third-order valence-electron chi connectivity index (χ3n) is 5.89. The van der Waals surface area contributed by atoms with E-state index < -0.39 is 48.6 Å². The predicted molar refractivity (Wildman–Crippen MR) is 139 cm³/mol. The van der Waals surface area contributed by atoms with Gasteiger partial charge in [0, 0.05) is 0 Å². The summed E-state index contributed by atoms with van der Waals surface area (Å²) in [5.41, 5.74) is 0.769. The largest absolute Gasteiger partial charge is 0.459 e. The summed E-state index contributed by atoms with van der Waals surface area (Å²) in [6, 6.07) is 24.6. The van der Waals surface area contributed by atoms with Gasteiger partial charge in [-0.3, -0.25) is 0 Å². The van der Waals surface area contributed by atoms with Gasteiger partial charge in [0.15, 0.2) is 18.5 Å². The lowest BCUT2D eigenvalue weighted by Crippen LogP contribution is -2.62. The lowest BCUT2D eigenvalue weighted by molar-refractivity contribution is -0.296. The number of hydrogen-bond donors (Lipinski definition) is 1. The molecule has 0 aromatic heterocycles. The highest BCUT2D eigenvalue weighted by Gasteiger charge is 2.51. The number of benzene rings is 3. The van der Waals surface area contributed by atoms with Crippen LogP contribution in [0.4, 0.5) is 0 Å². The minimum Gasteiger partial charge on any atom is -0.459 e. The minimum atomic E-state index is -1.54. The van der Waals surface area contributed by atoms with Gasteiger partial charge in [0.1, 0.15) is 18.8 Å². The maximum Gasteiger partial charge on any atom is 0.338 e. The van der Waals surface area contributed by atoms with E-state index in [2.05, 4.69) is 6.58 Å². The van der Waals surface area contributed by atoms with Crippen molar-refractivity contribution in [3.8, 4) is 0 Å². The van der Waals surface area contributed by atoms with E-state index in [1.165, 1.54) is 6.08 Å². The standard InChI is InChI=1S/C30H28O9/c1-2-18-35-30-26(39-29(34)22-16-10-5-11-17-22)25(38-28(33)21-14-8-4-9-15-21)24(31)23(37-30)19-36-27(32)20-12-6-3-7-13-20/h2-17,23-26,30-31H,1,18-19H2/t23-,24-,25+,26-,30+/m1/s1. The monoisotopic (exact) mass is 532 g/mol. The molecule has 0 aliphatic carbocycles. The Kier molecular flexibility index (Phi) is 9.58. The van der Waals surface area contributed by atoms with Gasteiger partial charge in [-0.05, 0) is 36.4 Å². The van der Waals surface area contributed by atoms with Gasteiger partial charge in [0.05, 0.1) is 23.3 Å². The van der Waals surface area contributed by atoms with Crippen molar-refractivity contribution in [2.45, 2.75) is 30.7 Å². The lowest BCUT2D eigenvalue weighted by atomic mass is 9.98. The molecule has 1 saturated heterocycles. The van der Waals surface area contributed by atoms with E-state index in [0.717, 1.165) is 0 Å². The molecule has 0 unspecified atom stereocenters. The van der Waals surface area contributed by atoms with Crippen LogP contribution in [-0.4, -0.2) is 66.9 Å². The Morgan fingerprint density at radius 1 is 0.744 bits per heavy atom. The van der Waals surface area contributed by atoms with Crippen molar-refractivity contribution in [3.05, 3.63) is 120 Å². The number of aliphatic hydroxyl groups excluding tert-OH is 1. The van der Waals surface area contributed by atoms with Gasteiger partial charge in [0.2, 0.25) is 0 Å². The van der Waals surface area contributed by atoms with Crippen LogP contribution in [0.1, 0.15) is 31.1 Å². The average Bonchev–Trinajstić information content (AvgIpc) is 2.99. The van der Waals surface area contributed by atoms with Crippen molar-refractivity contribution in [1.82, 2.24) is 0 Å². The van der Waals surface area contributed by atoms with Crippen LogP contribution in [0.2, 0.25) is 0 Å². The van der Waals surface area contributed by atoms with Crippen LogP contribution >= 0.6 is 0 Å². The third-order valence-corrected chi connectivity index (χ3v) is 5.89. The van der Waals surface area contributed by atoms with Crippen molar-refractivity contribution in [3.63, 3.8) is 0 Å². The second-order valence-electron chi connectivity index (χ2n) is 8.59. The van der Waals surface area contributed by atoms with Crippen molar-refractivity contribution in [1.29, 1.82) is 0 Å². The summed E-state index contributed by atoms with van der Waals surface area (Å²) < 4.78 is 28.3. The molecule has 1 aliphatic heterocycles. The molecule has 9 heteroatoms. The molecule has 39 heavy (non-hydrogen) atoms. The minimum absolute atomic E-state index is 0.00394. The molecule has 1 N–H and O–H groups in total. The van der Waals surface area contributed by atoms with Gasteiger partial charge in [-0.1, -0.05) is 60.7 Å². The highest BCUT2D eigenvalue weighted by molar-refractivity contribution is 5.90. The van der Waals surface area contributed by atoms with Crippen LogP contribution in [0.3, 0.4) is 0 Å². The lowest BCUT2D eigenvalue weighted by Gasteiger charge is -2.42. The Hall–Kier alpha value is -4.31. The van der Waals surface area contributed by atoms with Crippen LogP contribution in [0.15, 0.2) is 104 Å². The Balaban J connectivity index is 1.59. The molecule has 1 fully saturated rings. The molecule has 1 aliphatic rings. The normalized spacial score (nSPS) is 22.3. The number of hydrogen-bond acceptors (Lipinski definition) is 9. The van der Waals surface area contributed by atoms with Crippen LogP contribution in [0.25, 0.3) is 0 Å². The van der Waals surface area contributed by atoms with Gasteiger partial charge in [-0.25, -0.2) is 14.4 Å². The molecule has 9 nitrogen and oxygen atoms in total. The van der Waals surface area contributed by atoms with E-state index in [9.17, 15) is 19.5 Å². The summed E-state index contributed by atoms with van der Waals surface area (Å²) in [7, 11) is 0. The first kappa shape index (κ1) is 27.7. The smallest absolute Gasteiger partial charge is 0.338 e. The zero-order chi connectivity index (χ0) is 27.6. The van der Waals surface area contributed by atoms with E-state index >= 15 is 0 Å². The molecule has 0 radical (unpaired) electrons. The number of carbonyl (C=O) groups excluding carboxylic acids is 3. The Morgan fingerprint density at radius 3 is 1.69 bits per heavy atom. The molecule has 0 spiro atoms. The van der Waals surface area contributed by atoms with E-state index in [0.29, 0.717) is 5.56 Å². The number of rotatable bonds is 10. The molecular formula is C30H28O9. The molecular weight excluding hydrogens is 504 g/mol. The van der Waals surface area contributed by atoms with E-state index in [4.69, 9.17) is 23.7 Å². The first-order valence-corrected chi connectivity index (χ1v) is 12.3. The van der Waals surface area contributed by atoms with Crippen molar-refractivity contribution < 1.29 is 43.2 Å². The highest BCUT2D eigenvalue weighted by Crippen LogP contribution is 2.29. The van der Waals surface area contributed by atoms with Crippen molar-refractivity contribution in [2.24, 2.45) is 0 Å². The fourth-order valence-corrected chi connectivity index (χ4v) is 3.93. The maximum atomic E-state index is 13.0. The van der Waals surface area contributed by atoms with Crippen LogP contribution in [-0.2, 0) is 23.7 Å². The zero-order valence-electron chi connectivity index (χ0n) is 21.0. The van der Waals surface area contributed by atoms with Gasteiger partial charge >= 0.3 is 17.9 Å². The number of carbonyl (C=O) groups is 3. The van der Waals surface area contributed by atoms with Gasteiger partial charge in [-0.2, -0.15) is 0 Å². The first-order valence-electron chi connectivity index (χ1n) is 12.3. The SMILES string of the molecule is C=CCO[C@H]1O[C@H](COC(=O)c2ccccc2)[C@@H](O)[C@H](OC(=O)c2ccccc2)[C@H]1OC(=O)c1ccccc1. The molecule has 202 valence electrons. The second kappa shape index (κ2) is 13.5. The summed E-state index contributed by atoms with van der Waals surface area (Å²) in [6.45, 7) is 3.23. The molecule has 3 aromatic carbocycles. The van der Waals surface area contributed by atoms with Gasteiger partial charge < -0.3 is 28.8 Å². The van der Waals surface area contributed by atoms with Crippen LogP contribution in [0, 0.1) is 0 Å². The number of ether oxygens (including phenoxy) is 5. The highest BCUT2D eigenvalue weighted by atomic mass is 16.7. The van der Waals surface area contributed by atoms with Crippen molar-refractivity contribution >= 4 is 17.9 Å². The third kappa shape index (κ3) is 7.17. The predicted octanol–water partition coefficient (Wildman–Crippen LogP) is 3.58. The molecule has 0 amide bonds. The van der Waals surface area contributed by atoms with E-state index in [1.807, 2.05) is 0 Å². The van der Waals surface area contributed by atoms with Crippen molar-refractivity contribution in [2.75, 3.05) is 13.2 Å². The Labute approximate surface area is 225 Å². The molecule has 4 rings (SSSR count). The van der Waals surface area contributed by atoms with E-state index in [1.54, 1.807) is 91.0 Å². The molecule has 3 aromatic rings. The quantitative estimate of drug-likeness (QED) is 0.237. The van der Waals surface area contributed by atoms with Gasteiger partial charge in [-0.15, -0.1) is 6.58 Å². The summed E-state index contributed by atoms with van der Waals surface area (Å²) in [5, 5.41) is 11.2. The summed E-state index contributed by atoms with van der Waals surface area (Å²) in [6.07, 6.45) is -5.32. The molecule has 0 bridgehead atoms. The summed E-state index contributed by atoms with van der Waals surface area (Å²) in [4.78, 5) is 38.4. The zero-order valence-corrected chi connectivity index (χ0v) is 21.0. The summed E-state index contributed by atoms with van der Waals surface area (Å²) in [5.74, 6) is -2.13. The van der Waals surface area contributed by atoms with Crippen LogP contribution < -0.4 is 0 Å². The Morgan fingerprint density at radius 2 is 1.21 bits per heavy atom. The maximum absolute atomic E-state index is 13.0. The number of esters is 3. The topological polar surface area (TPSA) is 118 Å². The number of aliphatic hydroxyl groups is 1. The van der Waals surface area contributed by atoms with Gasteiger partial charge in [0.25, 0.3) is 0 Å². The van der Waals surface area contributed by atoms with Crippen LogP contribution in [0.5, 0.6) is 0 Å². The van der Waals surface area contributed by atoms with E-state index in [-0.39, 0.29) is 24.3 Å². The fourth-order valence-electron chi connectivity index (χ4n) is 3.93. The second-order valence-corrected chi connectivity index (χ2v) is 8.59. The summed E-state index contributed by atoms with van der Waals surface area (Å²) >= 11 is 0. The fraction of sp³-hybridized carbons (Fsp3) is 0.233. The molecule has 1 heterocycles. The average molecular weight is 533 g/mol. The molecule has 5 atom stereocenters. The first-order chi connectivity index (χ1) is 19.0. The Bertz CT molecular complexity index is 1250.